The average molecular weight is 1020 g/mol. The number of hydrogen-bond acceptors (Lipinski definition) is 5. The van der Waals surface area contributed by atoms with Gasteiger partial charge in [0.2, 0.25) is 0 Å². The molecule has 0 aromatic heterocycles. The third kappa shape index (κ3) is 60.1. The summed E-state index contributed by atoms with van der Waals surface area (Å²) in [6.07, 6.45) is 96.4. The van der Waals surface area contributed by atoms with Gasteiger partial charge in [-0.25, -0.2) is 0 Å². The van der Waals surface area contributed by atoms with Gasteiger partial charge < -0.3 is 14.6 Å². The van der Waals surface area contributed by atoms with Crippen LogP contribution in [0, 0.1) is 0 Å². The van der Waals surface area contributed by atoms with Crippen molar-refractivity contribution in [3.63, 3.8) is 0 Å². The lowest BCUT2D eigenvalue weighted by atomic mass is 10.1. The minimum atomic E-state index is -0.796. The summed E-state index contributed by atoms with van der Waals surface area (Å²) >= 11 is 0. The highest BCUT2D eigenvalue weighted by molar-refractivity contribution is 5.70. The maximum absolute atomic E-state index is 12.3. The number of carbonyl (C=O) groups excluding carboxylic acids is 2. The summed E-state index contributed by atoms with van der Waals surface area (Å²) in [7, 11) is 0. The van der Waals surface area contributed by atoms with Crippen molar-refractivity contribution in [3.8, 4) is 0 Å². The van der Waals surface area contributed by atoms with Gasteiger partial charge in [0.05, 0.1) is 6.61 Å². The van der Waals surface area contributed by atoms with E-state index in [-0.39, 0.29) is 25.2 Å². The lowest BCUT2D eigenvalue weighted by Crippen LogP contribution is -2.28. The lowest BCUT2D eigenvalue weighted by molar-refractivity contribution is -0.161. The molecule has 416 valence electrons. The van der Waals surface area contributed by atoms with Crippen LogP contribution in [0.4, 0.5) is 0 Å². The van der Waals surface area contributed by atoms with E-state index < -0.39 is 6.10 Å². The Morgan fingerprint density at radius 2 is 0.581 bits per heavy atom. The largest absolute Gasteiger partial charge is 0.462 e. The second-order valence-electron chi connectivity index (χ2n) is 19.3. The van der Waals surface area contributed by atoms with E-state index in [0.717, 1.165) is 135 Å². The third-order valence-corrected chi connectivity index (χ3v) is 12.3. The molecule has 74 heavy (non-hydrogen) atoms. The van der Waals surface area contributed by atoms with Crippen LogP contribution >= 0.6 is 0 Å². The second kappa shape index (κ2) is 62.8. The molecular weight excluding hydrogens is 909 g/mol. The van der Waals surface area contributed by atoms with Crippen LogP contribution in [0.25, 0.3) is 0 Å². The molecule has 0 heterocycles. The van der Waals surface area contributed by atoms with Crippen LogP contribution in [-0.2, 0) is 19.1 Å². The summed E-state index contributed by atoms with van der Waals surface area (Å²) in [4.78, 5) is 24.6. The van der Waals surface area contributed by atoms with Crippen molar-refractivity contribution in [1.82, 2.24) is 0 Å². The Hall–Kier alpha value is -4.48. The Kier molecular flexibility index (Phi) is 59.0. The quantitative estimate of drug-likeness (QED) is 0.0373. The van der Waals surface area contributed by atoms with Gasteiger partial charge in [-0.1, -0.05) is 262 Å². The molecule has 0 bridgehead atoms. The van der Waals surface area contributed by atoms with Crippen LogP contribution in [0.15, 0.2) is 158 Å². The summed E-state index contributed by atoms with van der Waals surface area (Å²) in [5.41, 5.74) is 0. The Morgan fingerprint density at radius 3 is 0.878 bits per heavy atom. The molecule has 1 N–H and O–H groups in total. The van der Waals surface area contributed by atoms with Gasteiger partial charge in [0.1, 0.15) is 6.61 Å². The number of ether oxygens (including phenoxy) is 2. The number of carbonyl (C=O) groups is 2. The van der Waals surface area contributed by atoms with Crippen LogP contribution in [0.3, 0.4) is 0 Å². The molecule has 0 fully saturated rings. The maximum atomic E-state index is 12.3. The number of aliphatic hydroxyl groups excluding tert-OH is 1. The molecule has 5 nitrogen and oxygen atoms in total. The van der Waals surface area contributed by atoms with E-state index in [1.807, 2.05) is 0 Å². The van der Waals surface area contributed by atoms with E-state index in [0.29, 0.717) is 12.8 Å². The molecule has 0 radical (unpaired) electrons. The summed E-state index contributed by atoms with van der Waals surface area (Å²) in [6.45, 7) is 3.99. The summed E-state index contributed by atoms with van der Waals surface area (Å²) in [5.74, 6) is -0.625. The number of hydrogen-bond donors (Lipinski definition) is 1. The van der Waals surface area contributed by atoms with E-state index in [2.05, 4.69) is 172 Å². The first-order valence-corrected chi connectivity index (χ1v) is 30.0. The molecule has 1 atom stereocenters. The van der Waals surface area contributed by atoms with Gasteiger partial charge >= 0.3 is 11.9 Å². The van der Waals surface area contributed by atoms with Crippen LogP contribution < -0.4 is 0 Å². The zero-order valence-corrected chi connectivity index (χ0v) is 47.5. The van der Waals surface area contributed by atoms with Gasteiger partial charge in [-0.05, 0) is 128 Å². The first kappa shape index (κ1) is 69.5. The molecule has 0 saturated carbocycles. The summed E-state index contributed by atoms with van der Waals surface area (Å²) in [5, 5.41) is 9.66. The van der Waals surface area contributed by atoms with Gasteiger partial charge in [0.15, 0.2) is 6.10 Å². The SMILES string of the molecule is CC/C=C\C/C=C\C/C=C\C/C=C\C/C=C\C/C=C\C/C=C\C/C=C\C/C=C\C/C=C\CCCCCCCCC(=O)OC(CO)COC(=O)CCCCCCCCCC/C=C\C/C=C\C/C=C\CCCCCCC. The lowest BCUT2D eigenvalue weighted by Gasteiger charge is -2.15. The van der Waals surface area contributed by atoms with Crippen LogP contribution in [0.1, 0.15) is 245 Å². The molecule has 0 saturated heterocycles. The van der Waals surface area contributed by atoms with E-state index >= 15 is 0 Å². The van der Waals surface area contributed by atoms with E-state index in [1.54, 1.807) is 0 Å². The highest BCUT2D eigenvalue weighted by atomic mass is 16.6. The molecule has 0 aromatic rings. The van der Waals surface area contributed by atoms with Crippen molar-refractivity contribution in [3.05, 3.63) is 158 Å². The van der Waals surface area contributed by atoms with Crippen LogP contribution in [0.5, 0.6) is 0 Å². The number of esters is 2. The first-order valence-electron chi connectivity index (χ1n) is 30.0. The van der Waals surface area contributed by atoms with Crippen molar-refractivity contribution < 1.29 is 24.2 Å². The molecule has 0 spiro atoms. The molecule has 0 aliphatic carbocycles. The Balaban J connectivity index is 3.64. The van der Waals surface area contributed by atoms with Crippen molar-refractivity contribution >= 4 is 11.9 Å². The maximum Gasteiger partial charge on any atom is 0.306 e. The van der Waals surface area contributed by atoms with Gasteiger partial charge in [0.25, 0.3) is 0 Å². The molecule has 1 unspecified atom stereocenters. The van der Waals surface area contributed by atoms with Crippen molar-refractivity contribution in [2.45, 2.75) is 251 Å². The van der Waals surface area contributed by atoms with Gasteiger partial charge in [-0.15, -0.1) is 0 Å². The van der Waals surface area contributed by atoms with E-state index in [4.69, 9.17) is 9.47 Å². The fourth-order valence-electron chi connectivity index (χ4n) is 7.82. The van der Waals surface area contributed by atoms with Crippen LogP contribution in [0.2, 0.25) is 0 Å². The van der Waals surface area contributed by atoms with Crippen molar-refractivity contribution in [1.29, 1.82) is 0 Å². The predicted octanol–water partition coefficient (Wildman–Crippen LogP) is 20.7. The smallest absolute Gasteiger partial charge is 0.306 e. The Morgan fingerprint density at radius 1 is 0.324 bits per heavy atom. The fourth-order valence-corrected chi connectivity index (χ4v) is 7.82. The molecule has 0 amide bonds. The monoisotopic (exact) mass is 1020 g/mol. The standard InChI is InChI=1S/C69H110O5/c1-3-5-7-9-11-13-15-17-19-21-23-25-27-28-29-30-31-32-33-34-35-36-37-38-39-40-42-44-46-48-50-52-54-56-58-60-62-64-69(72)74-67(65-70)66-73-68(71)63-61-59-57-55-53-51-49-47-45-43-41-26-24-22-20-18-16-14-12-10-8-6-4-2/h5,7,11,13,16-19,22-25,28-29,31-32,34-35,37-38,40-43,46,48,67,70H,3-4,6,8-10,12,14-15,20-21,26-27,30,33,36,39,44-45,47,49-66H2,1-2H3/b7-5-,13-11-,18-16-,19-17-,24-22-,25-23-,29-28-,32-31-,35-34-,38-37-,42-40-,43-41-,48-46-. The molecule has 0 rings (SSSR count). The van der Waals surface area contributed by atoms with E-state index in [9.17, 15) is 14.7 Å². The van der Waals surface area contributed by atoms with Gasteiger partial charge in [-0.2, -0.15) is 0 Å². The summed E-state index contributed by atoms with van der Waals surface area (Å²) < 4.78 is 10.7. The second-order valence-corrected chi connectivity index (χ2v) is 19.3. The summed E-state index contributed by atoms with van der Waals surface area (Å²) in [6, 6.07) is 0. The molecular formula is C69H110O5. The Bertz CT molecular complexity index is 1620. The topological polar surface area (TPSA) is 72.8 Å². The number of unbranched alkanes of at least 4 members (excludes halogenated alkanes) is 19. The van der Waals surface area contributed by atoms with Crippen molar-refractivity contribution in [2.24, 2.45) is 0 Å². The molecule has 5 heteroatoms. The molecule has 0 aliphatic heterocycles. The number of rotatable bonds is 53. The predicted molar refractivity (Wildman–Crippen MR) is 324 cm³/mol. The average Bonchev–Trinajstić information content (AvgIpc) is 3.40. The normalized spacial score (nSPS) is 13.4. The molecule has 0 aromatic carbocycles. The highest BCUT2D eigenvalue weighted by Crippen LogP contribution is 2.13. The van der Waals surface area contributed by atoms with E-state index in [1.165, 1.54) is 83.5 Å². The molecule has 0 aliphatic rings. The zero-order valence-electron chi connectivity index (χ0n) is 47.5. The number of allylic oxidation sites excluding steroid dienone is 26. The fraction of sp³-hybridized carbons (Fsp3) is 0.594. The third-order valence-electron chi connectivity index (χ3n) is 12.3. The number of aliphatic hydroxyl groups is 1. The minimum Gasteiger partial charge on any atom is -0.462 e. The minimum absolute atomic E-state index is 0.0856. The van der Waals surface area contributed by atoms with Gasteiger partial charge in [-0.3, -0.25) is 9.59 Å². The van der Waals surface area contributed by atoms with Crippen molar-refractivity contribution in [2.75, 3.05) is 13.2 Å². The van der Waals surface area contributed by atoms with Gasteiger partial charge in [0, 0.05) is 12.8 Å². The highest BCUT2D eigenvalue weighted by Gasteiger charge is 2.16. The van der Waals surface area contributed by atoms with Crippen LogP contribution in [-0.4, -0.2) is 36.4 Å². The Labute approximate surface area is 456 Å². The zero-order chi connectivity index (χ0) is 53.4. The first-order chi connectivity index (χ1) is 36.6.